The maximum absolute atomic E-state index is 5.91. The molecule has 0 bridgehead atoms. The van der Waals surface area contributed by atoms with Gasteiger partial charge in [0.05, 0.1) is 24.7 Å². The fourth-order valence-electron chi connectivity index (χ4n) is 2.42. The SMILES string of the molecule is COc1ccc2nc(CCCl)n(Cc3nccn3C)c2c1. The van der Waals surface area contributed by atoms with Gasteiger partial charge in [-0.25, -0.2) is 9.97 Å². The van der Waals surface area contributed by atoms with Crippen LogP contribution in [0.1, 0.15) is 11.6 Å². The second-order valence-corrected chi connectivity index (χ2v) is 5.24. The Bertz CT molecular complexity index is 762. The van der Waals surface area contributed by atoms with Gasteiger partial charge in [-0.05, 0) is 12.1 Å². The lowest BCUT2D eigenvalue weighted by Crippen LogP contribution is -2.09. The normalized spacial score (nSPS) is 11.2. The van der Waals surface area contributed by atoms with E-state index in [0.717, 1.165) is 34.9 Å². The Labute approximate surface area is 128 Å². The van der Waals surface area contributed by atoms with E-state index in [2.05, 4.69) is 14.5 Å². The van der Waals surface area contributed by atoms with Gasteiger partial charge in [-0.15, -0.1) is 11.6 Å². The number of rotatable bonds is 5. The number of methoxy groups -OCH3 is 1. The number of alkyl halides is 1. The zero-order valence-corrected chi connectivity index (χ0v) is 12.8. The summed E-state index contributed by atoms with van der Waals surface area (Å²) in [6.45, 7) is 0.666. The van der Waals surface area contributed by atoms with E-state index >= 15 is 0 Å². The summed E-state index contributed by atoms with van der Waals surface area (Å²) in [6.07, 6.45) is 4.47. The molecule has 21 heavy (non-hydrogen) atoms. The number of hydrogen-bond acceptors (Lipinski definition) is 3. The number of fused-ring (bicyclic) bond motifs is 1. The molecule has 0 unspecified atom stereocenters. The highest BCUT2D eigenvalue weighted by Crippen LogP contribution is 2.23. The van der Waals surface area contributed by atoms with Gasteiger partial charge in [0.2, 0.25) is 0 Å². The zero-order valence-electron chi connectivity index (χ0n) is 12.1. The molecule has 0 aliphatic heterocycles. The van der Waals surface area contributed by atoms with Crippen molar-refractivity contribution in [2.24, 2.45) is 7.05 Å². The van der Waals surface area contributed by atoms with Crippen molar-refractivity contribution in [3.8, 4) is 5.75 Å². The lowest BCUT2D eigenvalue weighted by atomic mass is 10.3. The molecule has 0 spiro atoms. The summed E-state index contributed by atoms with van der Waals surface area (Å²) >= 11 is 5.91. The largest absolute Gasteiger partial charge is 0.497 e. The summed E-state index contributed by atoms with van der Waals surface area (Å²) in [7, 11) is 3.66. The van der Waals surface area contributed by atoms with E-state index < -0.39 is 0 Å². The molecule has 3 rings (SSSR count). The van der Waals surface area contributed by atoms with Crippen LogP contribution in [0.2, 0.25) is 0 Å². The molecule has 0 fully saturated rings. The van der Waals surface area contributed by atoms with Crippen LogP contribution < -0.4 is 4.74 Å². The van der Waals surface area contributed by atoms with Gasteiger partial charge in [0, 0.05) is 37.8 Å². The minimum Gasteiger partial charge on any atom is -0.497 e. The first kappa shape index (κ1) is 13.9. The third-order valence-corrected chi connectivity index (χ3v) is 3.76. The van der Waals surface area contributed by atoms with Gasteiger partial charge in [0.15, 0.2) is 0 Å². The van der Waals surface area contributed by atoms with Crippen LogP contribution in [-0.2, 0) is 20.0 Å². The molecule has 2 heterocycles. The molecule has 0 amide bonds. The number of aromatic nitrogens is 4. The van der Waals surface area contributed by atoms with Gasteiger partial charge in [0.25, 0.3) is 0 Å². The van der Waals surface area contributed by atoms with Crippen molar-refractivity contribution in [2.45, 2.75) is 13.0 Å². The van der Waals surface area contributed by atoms with Gasteiger partial charge < -0.3 is 13.9 Å². The maximum Gasteiger partial charge on any atom is 0.128 e. The second-order valence-electron chi connectivity index (χ2n) is 4.86. The van der Waals surface area contributed by atoms with Gasteiger partial charge in [0.1, 0.15) is 17.4 Å². The molecule has 1 aromatic carbocycles. The third kappa shape index (κ3) is 2.61. The number of halogens is 1. The van der Waals surface area contributed by atoms with E-state index in [-0.39, 0.29) is 0 Å². The third-order valence-electron chi connectivity index (χ3n) is 3.57. The lowest BCUT2D eigenvalue weighted by Gasteiger charge is -2.09. The van der Waals surface area contributed by atoms with Crippen molar-refractivity contribution in [1.82, 2.24) is 19.1 Å². The predicted molar refractivity (Wildman–Crippen MR) is 83.0 cm³/mol. The number of nitrogens with zero attached hydrogens (tertiary/aromatic N) is 4. The molecular weight excluding hydrogens is 288 g/mol. The molecule has 0 N–H and O–H groups in total. The van der Waals surface area contributed by atoms with Crippen LogP contribution in [0.25, 0.3) is 11.0 Å². The van der Waals surface area contributed by atoms with Crippen LogP contribution in [0.4, 0.5) is 0 Å². The first-order chi connectivity index (χ1) is 10.2. The van der Waals surface area contributed by atoms with Crippen LogP contribution in [0, 0.1) is 0 Å². The monoisotopic (exact) mass is 304 g/mol. The van der Waals surface area contributed by atoms with E-state index in [9.17, 15) is 0 Å². The Hall–Kier alpha value is -2.01. The Morgan fingerprint density at radius 3 is 2.81 bits per heavy atom. The molecule has 0 aliphatic rings. The summed E-state index contributed by atoms with van der Waals surface area (Å²) in [5, 5.41) is 0. The summed E-state index contributed by atoms with van der Waals surface area (Å²) in [5.74, 6) is 3.31. The van der Waals surface area contributed by atoms with Crippen molar-refractivity contribution < 1.29 is 4.74 Å². The smallest absolute Gasteiger partial charge is 0.128 e. The van der Waals surface area contributed by atoms with E-state index in [1.54, 1.807) is 13.3 Å². The first-order valence-corrected chi connectivity index (χ1v) is 7.31. The Morgan fingerprint density at radius 1 is 1.29 bits per heavy atom. The summed E-state index contributed by atoms with van der Waals surface area (Å²) < 4.78 is 9.48. The molecule has 6 heteroatoms. The number of imidazole rings is 2. The van der Waals surface area contributed by atoms with Crippen molar-refractivity contribution in [2.75, 3.05) is 13.0 Å². The van der Waals surface area contributed by atoms with Crippen LogP contribution in [-0.4, -0.2) is 32.1 Å². The molecule has 3 aromatic rings. The average molecular weight is 305 g/mol. The predicted octanol–water partition coefficient (Wildman–Crippen LogP) is 2.61. The topological polar surface area (TPSA) is 44.9 Å². The first-order valence-electron chi connectivity index (χ1n) is 6.78. The minimum atomic E-state index is 0.543. The number of aryl methyl sites for hydroxylation is 2. The van der Waals surface area contributed by atoms with Gasteiger partial charge in [-0.2, -0.15) is 0 Å². The quantitative estimate of drug-likeness (QED) is 0.681. The van der Waals surface area contributed by atoms with Crippen LogP contribution in [0.3, 0.4) is 0 Å². The van der Waals surface area contributed by atoms with Gasteiger partial charge in [-0.1, -0.05) is 0 Å². The zero-order chi connectivity index (χ0) is 14.8. The molecule has 0 atom stereocenters. The average Bonchev–Trinajstić information content (AvgIpc) is 3.04. The van der Waals surface area contributed by atoms with Gasteiger partial charge in [-0.3, -0.25) is 0 Å². The molecule has 0 aliphatic carbocycles. The van der Waals surface area contributed by atoms with Gasteiger partial charge >= 0.3 is 0 Å². The van der Waals surface area contributed by atoms with E-state index in [1.165, 1.54) is 0 Å². The Kier molecular flexibility index (Phi) is 3.84. The van der Waals surface area contributed by atoms with E-state index in [4.69, 9.17) is 16.3 Å². The van der Waals surface area contributed by atoms with E-state index in [1.807, 2.05) is 36.0 Å². The summed E-state index contributed by atoms with van der Waals surface area (Å²) in [5.41, 5.74) is 1.99. The Balaban J connectivity index is 2.12. The highest BCUT2D eigenvalue weighted by molar-refractivity contribution is 6.17. The minimum absolute atomic E-state index is 0.543. The fourth-order valence-corrected chi connectivity index (χ4v) is 2.59. The number of benzene rings is 1. The fraction of sp³-hybridized carbons (Fsp3) is 0.333. The van der Waals surface area contributed by atoms with Crippen LogP contribution in [0.15, 0.2) is 30.6 Å². The van der Waals surface area contributed by atoms with Crippen molar-refractivity contribution in [3.63, 3.8) is 0 Å². The molecule has 0 saturated heterocycles. The number of ether oxygens (including phenoxy) is 1. The van der Waals surface area contributed by atoms with Crippen LogP contribution in [0.5, 0.6) is 5.75 Å². The highest BCUT2D eigenvalue weighted by atomic mass is 35.5. The standard InChI is InChI=1S/C15H17ClN4O/c1-19-8-7-17-15(19)10-20-13-9-11(21-2)3-4-12(13)18-14(20)5-6-16/h3-4,7-9H,5-6,10H2,1-2H3. The molecule has 5 nitrogen and oxygen atoms in total. The Morgan fingerprint density at radius 2 is 2.14 bits per heavy atom. The molecule has 110 valence electrons. The molecule has 0 radical (unpaired) electrons. The van der Waals surface area contributed by atoms with Crippen molar-refractivity contribution in [3.05, 3.63) is 42.2 Å². The summed E-state index contributed by atoms with van der Waals surface area (Å²) in [4.78, 5) is 9.07. The molecule has 2 aromatic heterocycles. The number of hydrogen-bond donors (Lipinski definition) is 0. The lowest BCUT2D eigenvalue weighted by molar-refractivity contribution is 0.415. The molecule has 0 saturated carbocycles. The van der Waals surface area contributed by atoms with Crippen molar-refractivity contribution in [1.29, 1.82) is 0 Å². The summed E-state index contributed by atoms with van der Waals surface area (Å²) in [6, 6.07) is 5.90. The van der Waals surface area contributed by atoms with Crippen molar-refractivity contribution >= 4 is 22.6 Å². The second kappa shape index (κ2) is 5.77. The van der Waals surface area contributed by atoms with E-state index in [0.29, 0.717) is 12.4 Å². The maximum atomic E-state index is 5.91. The van der Waals surface area contributed by atoms with Crippen LogP contribution >= 0.6 is 11.6 Å². The molecular formula is C15H17ClN4O. The highest BCUT2D eigenvalue weighted by Gasteiger charge is 2.13.